The van der Waals surface area contributed by atoms with Crippen molar-refractivity contribution in [3.05, 3.63) is 65.8 Å². The molecule has 0 saturated carbocycles. The lowest BCUT2D eigenvalue weighted by Gasteiger charge is -1.98. The van der Waals surface area contributed by atoms with Gasteiger partial charge < -0.3 is 0 Å². The smallest absolute Gasteiger partial charge is 0.216 e. The molecule has 0 unspecified atom stereocenters. The molecule has 22 heavy (non-hydrogen) atoms. The van der Waals surface area contributed by atoms with E-state index in [1.54, 1.807) is 0 Å². The van der Waals surface area contributed by atoms with Gasteiger partial charge >= 0.3 is 5.16 Å². The van der Waals surface area contributed by atoms with Gasteiger partial charge in [-0.1, -0.05) is 29.8 Å². The number of halogens is 2. The molecule has 4 rings (SSSR count). The molecule has 1 aliphatic rings. The van der Waals surface area contributed by atoms with E-state index in [4.69, 9.17) is 11.6 Å². The predicted molar refractivity (Wildman–Crippen MR) is 97.5 cm³/mol. The number of para-hydroxylation sites is 1. The molecular weight excluding hydrogens is 380 g/mol. The van der Waals surface area contributed by atoms with E-state index >= 15 is 0 Å². The molecule has 0 fully saturated rings. The molecule has 112 valence electrons. The van der Waals surface area contributed by atoms with Crippen LogP contribution in [0.25, 0.3) is 16.9 Å². The van der Waals surface area contributed by atoms with Crippen LogP contribution in [-0.2, 0) is 6.54 Å². The van der Waals surface area contributed by atoms with Gasteiger partial charge in [0.15, 0.2) is 5.69 Å². The Morgan fingerprint density at radius 1 is 1.00 bits per heavy atom. The molecule has 1 aromatic heterocycles. The second-order valence-corrected chi connectivity index (χ2v) is 6.51. The van der Waals surface area contributed by atoms with Gasteiger partial charge in [-0.2, -0.15) is 4.57 Å². The maximum Gasteiger partial charge on any atom is 0.323 e. The lowest BCUT2D eigenvalue weighted by atomic mass is 10.1. The van der Waals surface area contributed by atoms with Gasteiger partial charge in [-0.05, 0) is 48.2 Å². The van der Waals surface area contributed by atoms with E-state index in [2.05, 4.69) is 51.7 Å². The van der Waals surface area contributed by atoms with Crippen LogP contribution in [0, 0.1) is 0 Å². The molecule has 2 aromatic carbocycles. The number of hydrogen-bond acceptors (Lipinski definition) is 1. The van der Waals surface area contributed by atoms with Gasteiger partial charge in [-0.3, -0.25) is 0 Å². The Hall–Kier alpha value is -1.23. The lowest BCUT2D eigenvalue weighted by molar-refractivity contribution is -0.713. The summed E-state index contributed by atoms with van der Waals surface area (Å²) in [5.74, 6) is 1.13. The first-order valence-corrected chi connectivity index (χ1v) is 8.28. The zero-order valence-electron chi connectivity index (χ0n) is 11.8. The van der Waals surface area contributed by atoms with Crippen LogP contribution in [0.15, 0.2) is 66.0 Å². The molecule has 0 saturated heterocycles. The zero-order valence-corrected chi connectivity index (χ0v) is 15.1. The standard InChI is InChI=1S/C17H14ClN2S.BrH/c18-14-8-6-13(7-9-14)16-12-20(15-4-2-1-3-5-15)17-19(16)10-11-21-17;/h1-9,12H,10-11H2;1H/q+1;. The van der Waals surface area contributed by atoms with Crippen molar-refractivity contribution < 1.29 is 4.57 Å². The molecule has 0 radical (unpaired) electrons. The highest BCUT2D eigenvalue weighted by Crippen LogP contribution is 2.29. The van der Waals surface area contributed by atoms with E-state index in [1.807, 2.05) is 30.0 Å². The molecule has 0 aliphatic carbocycles. The van der Waals surface area contributed by atoms with E-state index < -0.39 is 0 Å². The summed E-state index contributed by atoms with van der Waals surface area (Å²) < 4.78 is 4.67. The number of benzene rings is 2. The van der Waals surface area contributed by atoms with E-state index in [-0.39, 0.29) is 17.0 Å². The highest BCUT2D eigenvalue weighted by atomic mass is 79.9. The van der Waals surface area contributed by atoms with Crippen LogP contribution < -0.4 is 4.57 Å². The van der Waals surface area contributed by atoms with Crippen LogP contribution in [0.5, 0.6) is 0 Å². The Balaban J connectivity index is 0.00000144. The van der Waals surface area contributed by atoms with Crippen LogP contribution >= 0.6 is 40.3 Å². The Morgan fingerprint density at radius 3 is 2.45 bits per heavy atom. The number of nitrogens with zero attached hydrogens (tertiary/aromatic N) is 2. The van der Waals surface area contributed by atoms with Crippen molar-refractivity contribution in [1.82, 2.24) is 4.57 Å². The molecule has 0 atom stereocenters. The van der Waals surface area contributed by atoms with Gasteiger partial charge in [-0.15, -0.1) is 17.0 Å². The molecule has 0 bridgehead atoms. The average Bonchev–Trinajstić information content (AvgIpc) is 3.11. The largest absolute Gasteiger partial charge is 0.323 e. The van der Waals surface area contributed by atoms with Gasteiger partial charge in [0.1, 0.15) is 18.4 Å². The van der Waals surface area contributed by atoms with Gasteiger partial charge in [0.2, 0.25) is 0 Å². The molecule has 0 spiro atoms. The third-order valence-electron chi connectivity index (χ3n) is 3.70. The van der Waals surface area contributed by atoms with Crippen molar-refractivity contribution in [2.75, 3.05) is 5.75 Å². The third-order valence-corrected chi connectivity index (χ3v) is 5.01. The van der Waals surface area contributed by atoms with Crippen molar-refractivity contribution in [3.63, 3.8) is 0 Å². The molecule has 1 aliphatic heterocycles. The van der Waals surface area contributed by atoms with Crippen molar-refractivity contribution >= 4 is 40.3 Å². The zero-order chi connectivity index (χ0) is 14.2. The number of aromatic nitrogens is 2. The SMILES string of the molecule is Br.Clc1ccc(-c2cn(-c3ccccc3)c3[n+]2CCS3)cc1. The second-order valence-electron chi connectivity index (χ2n) is 5.01. The number of imidazole rings is 1. The summed E-state index contributed by atoms with van der Waals surface area (Å²) in [6.45, 7) is 1.05. The summed E-state index contributed by atoms with van der Waals surface area (Å²) in [5, 5.41) is 2.07. The van der Waals surface area contributed by atoms with Gasteiger partial charge in [0.05, 0.1) is 0 Å². The first-order chi connectivity index (χ1) is 10.3. The third kappa shape index (κ3) is 2.71. The monoisotopic (exact) mass is 393 g/mol. The van der Waals surface area contributed by atoms with Gasteiger partial charge in [0.25, 0.3) is 0 Å². The fraction of sp³-hybridized carbons (Fsp3) is 0.118. The summed E-state index contributed by atoms with van der Waals surface area (Å²) in [4.78, 5) is 0. The van der Waals surface area contributed by atoms with Gasteiger partial charge in [0, 0.05) is 16.3 Å². The van der Waals surface area contributed by atoms with E-state index in [9.17, 15) is 0 Å². The number of rotatable bonds is 2. The van der Waals surface area contributed by atoms with E-state index in [0.717, 1.165) is 17.3 Å². The fourth-order valence-electron chi connectivity index (χ4n) is 2.70. The number of fused-ring (bicyclic) bond motifs is 1. The Morgan fingerprint density at radius 2 is 1.73 bits per heavy atom. The van der Waals surface area contributed by atoms with Crippen LogP contribution in [0.4, 0.5) is 0 Å². The van der Waals surface area contributed by atoms with Crippen LogP contribution in [-0.4, -0.2) is 10.3 Å². The Labute approximate surface area is 149 Å². The van der Waals surface area contributed by atoms with Crippen LogP contribution in [0.1, 0.15) is 0 Å². The quantitative estimate of drug-likeness (QED) is 0.569. The Bertz CT molecular complexity index is 784. The molecular formula is C17H15BrClN2S+. The summed E-state index contributed by atoms with van der Waals surface area (Å²) >= 11 is 7.91. The van der Waals surface area contributed by atoms with Crippen molar-refractivity contribution in [1.29, 1.82) is 0 Å². The molecule has 2 nitrogen and oxygen atoms in total. The average molecular weight is 395 g/mol. The topological polar surface area (TPSA) is 8.81 Å². The maximum absolute atomic E-state index is 6.00. The maximum atomic E-state index is 6.00. The van der Waals surface area contributed by atoms with Crippen molar-refractivity contribution in [2.24, 2.45) is 0 Å². The Kier molecular flexibility index (Phi) is 4.62. The second kappa shape index (κ2) is 6.49. The highest BCUT2D eigenvalue weighted by molar-refractivity contribution is 8.93. The summed E-state index contributed by atoms with van der Waals surface area (Å²) in [7, 11) is 0. The highest BCUT2D eigenvalue weighted by Gasteiger charge is 2.30. The minimum atomic E-state index is 0. The van der Waals surface area contributed by atoms with Crippen molar-refractivity contribution in [3.8, 4) is 16.9 Å². The normalized spacial score (nSPS) is 12.8. The fourth-order valence-corrected chi connectivity index (χ4v) is 3.92. The number of thioether (sulfide) groups is 1. The first-order valence-electron chi connectivity index (χ1n) is 6.92. The van der Waals surface area contributed by atoms with Crippen LogP contribution in [0.2, 0.25) is 5.02 Å². The molecule has 3 aromatic rings. The van der Waals surface area contributed by atoms with Crippen LogP contribution in [0.3, 0.4) is 0 Å². The summed E-state index contributed by atoms with van der Waals surface area (Å²) in [5.41, 5.74) is 3.66. The first kappa shape index (κ1) is 15.7. The molecule has 5 heteroatoms. The predicted octanol–water partition coefficient (Wildman–Crippen LogP) is 4.77. The number of hydrogen-bond donors (Lipinski definition) is 0. The van der Waals surface area contributed by atoms with E-state index in [0.29, 0.717) is 0 Å². The van der Waals surface area contributed by atoms with Crippen molar-refractivity contribution in [2.45, 2.75) is 11.7 Å². The summed E-state index contributed by atoms with van der Waals surface area (Å²) in [6, 6.07) is 18.6. The van der Waals surface area contributed by atoms with E-state index in [1.165, 1.54) is 22.1 Å². The molecule has 0 amide bonds. The minimum Gasteiger partial charge on any atom is -0.216 e. The lowest BCUT2D eigenvalue weighted by Crippen LogP contribution is -2.33. The summed E-state index contributed by atoms with van der Waals surface area (Å²) in [6.07, 6.45) is 2.22. The molecule has 0 N–H and O–H groups in total. The van der Waals surface area contributed by atoms with Gasteiger partial charge in [-0.25, -0.2) is 4.57 Å². The minimum absolute atomic E-state index is 0. The molecule has 2 heterocycles.